The highest BCUT2D eigenvalue weighted by Crippen LogP contribution is 2.34. The van der Waals surface area contributed by atoms with E-state index in [1.807, 2.05) is 17.9 Å². The molecule has 1 atom stereocenters. The van der Waals surface area contributed by atoms with Gasteiger partial charge in [-0.1, -0.05) is 0 Å². The standard InChI is InChI=1S/C15H22N4/c1-12-14(10-16-18(12)3)15-7-5-9-19(15)11-13-6-4-8-17(13)2/h4,6,8,10,15H,5,7,9,11H2,1-3H3/t15-/m1/s1. The summed E-state index contributed by atoms with van der Waals surface area (Å²) in [6.45, 7) is 4.38. The highest BCUT2D eigenvalue weighted by atomic mass is 15.3. The van der Waals surface area contributed by atoms with E-state index < -0.39 is 0 Å². The zero-order valence-corrected chi connectivity index (χ0v) is 12.0. The minimum Gasteiger partial charge on any atom is -0.353 e. The molecule has 0 spiro atoms. The summed E-state index contributed by atoms with van der Waals surface area (Å²) in [6, 6.07) is 4.87. The molecule has 0 amide bonds. The lowest BCUT2D eigenvalue weighted by Gasteiger charge is -2.24. The Bertz CT molecular complexity index is 566. The van der Waals surface area contributed by atoms with E-state index in [2.05, 4.69) is 46.9 Å². The molecule has 3 rings (SSSR count). The third kappa shape index (κ3) is 2.21. The average molecular weight is 258 g/mol. The summed E-state index contributed by atoms with van der Waals surface area (Å²) >= 11 is 0. The van der Waals surface area contributed by atoms with Crippen molar-refractivity contribution in [2.45, 2.75) is 32.4 Å². The Kier molecular flexibility index (Phi) is 3.19. The fourth-order valence-corrected chi connectivity index (χ4v) is 3.08. The Hall–Kier alpha value is -1.55. The number of aromatic nitrogens is 3. The van der Waals surface area contributed by atoms with Crippen molar-refractivity contribution in [3.63, 3.8) is 0 Å². The fourth-order valence-electron chi connectivity index (χ4n) is 3.08. The maximum atomic E-state index is 4.39. The number of hydrogen-bond acceptors (Lipinski definition) is 2. The molecule has 4 nitrogen and oxygen atoms in total. The van der Waals surface area contributed by atoms with Crippen LogP contribution in [0.3, 0.4) is 0 Å². The molecule has 1 fully saturated rings. The third-order valence-corrected chi connectivity index (χ3v) is 4.41. The predicted molar refractivity (Wildman–Crippen MR) is 75.7 cm³/mol. The van der Waals surface area contributed by atoms with Crippen molar-refractivity contribution in [1.29, 1.82) is 0 Å². The van der Waals surface area contributed by atoms with Crippen LogP contribution in [0.1, 0.15) is 35.8 Å². The van der Waals surface area contributed by atoms with Crippen LogP contribution in [0.25, 0.3) is 0 Å². The first-order valence-corrected chi connectivity index (χ1v) is 6.99. The Morgan fingerprint density at radius 2 is 2.21 bits per heavy atom. The highest BCUT2D eigenvalue weighted by molar-refractivity contribution is 5.22. The first-order chi connectivity index (χ1) is 9.16. The summed E-state index contributed by atoms with van der Waals surface area (Å²) in [5, 5.41) is 4.39. The summed E-state index contributed by atoms with van der Waals surface area (Å²) in [7, 11) is 4.14. The van der Waals surface area contributed by atoms with Crippen LogP contribution < -0.4 is 0 Å². The van der Waals surface area contributed by atoms with Crippen molar-refractivity contribution in [3.8, 4) is 0 Å². The summed E-state index contributed by atoms with van der Waals surface area (Å²) in [4.78, 5) is 2.58. The van der Waals surface area contributed by atoms with E-state index in [-0.39, 0.29) is 0 Å². The fraction of sp³-hybridized carbons (Fsp3) is 0.533. The van der Waals surface area contributed by atoms with Crippen LogP contribution in [-0.2, 0) is 20.6 Å². The van der Waals surface area contributed by atoms with E-state index in [1.54, 1.807) is 0 Å². The van der Waals surface area contributed by atoms with E-state index in [4.69, 9.17) is 0 Å². The molecule has 1 aliphatic heterocycles. The quantitative estimate of drug-likeness (QED) is 0.845. The van der Waals surface area contributed by atoms with Crippen molar-refractivity contribution in [2.24, 2.45) is 14.1 Å². The van der Waals surface area contributed by atoms with E-state index >= 15 is 0 Å². The second kappa shape index (κ2) is 4.85. The molecule has 0 aliphatic carbocycles. The second-order valence-corrected chi connectivity index (χ2v) is 5.55. The molecule has 0 N–H and O–H groups in total. The van der Waals surface area contributed by atoms with Gasteiger partial charge in [0.25, 0.3) is 0 Å². The van der Waals surface area contributed by atoms with Crippen molar-refractivity contribution in [2.75, 3.05) is 6.54 Å². The largest absolute Gasteiger partial charge is 0.353 e. The van der Waals surface area contributed by atoms with Crippen molar-refractivity contribution in [1.82, 2.24) is 19.2 Å². The zero-order valence-electron chi connectivity index (χ0n) is 12.0. The predicted octanol–water partition coefficient (Wildman–Crippen LogP) is 2.40. The van der Waals surface area contributed by atoms with Gasteiger partial charge in [-0.25, -0.2) is 0 Å². The lowest BCUT2D eigenvalue weighted by Crippen LogP contribution is -2.24. The van der Waals surface area contributed by atoms with Crippen molar-refractivity contribution >= 4 is 0 Å². The Morgan fingerprint density at radius 1 is 1.37 bits per heavy atom. The van der Waals surface area contributed by atoms with Gasteiger partial charge in [0.15, 0.2) is 0 Å². The highest BCUT2D eigenvalue weighted by Gasteiger charge is 2.28. The molecule has 0 bridgehead atoms. The minimum absolute atomic E-state index is 0.531. The van der Waals surface area contributed by atoms with Crippen LogP contribution in [0.15, 0.2) is 24.5 Å². The molecule has 1 aliphatic rings. The van der Waals surface area contributed by atoms with Gasteiger partial charge in [-0.3, -0.25) is 9.58 Å². The van der Waals surface area contributed by atoms with E-state index in [0.29, 0.717) is 6.04 Å². The summed E-state index contributed by atoms with van der Waals surface area (Å²) in [6.07, 6.45) is 6.69. The van der Waals surface area contributed by atoms with Gasteiger partial charge in [0.1, 0.15) is 0 Å². The molecule has 0 unspecified atom stereocenters. The van der Waals surface area contributed by atoms with Crippen LogP contribution in [-0.4, -0.2) is 25.8 Å². The average Bonchev–Trinajstić information content (AvgIpc) is 3.07. The van der Waals surface area contributed by atoms with Gasteiger partial charge in [0, 0.05) is 49.8 Å². The normalized spacial score (nSPS) is 20.3. The molecule has 2 aromatic heterocycles. The number of likely N-dealkylation sites (tertiary alicyclic amines) is 1. The SMILES string of the molecule is Cc1c([C@H]2CCCN2Cc2cccn2C)cnn1C. The topological polar surface area (TPSA) is 26.0 Å². The summed E-state index contributed by atoms with van der Waals surface area (Å²) < 4.78 is 4.19. The Balaban J connectivity index is 1.82. The number of nitrogens with zero attached hydrogens (tertiary/aromatic N) is 4. The van der Waals surface area contributed by atoms with Gasteiger partial charge in [0.2, 0.25) is 0 Å². The number of aryl methyl sites for hydroxylation is 2. The molecule has 0 saturated carbocycles. The monoisotopic (exact) mass is 258 g/mol. The lowest BCUT2D eigenvalue weighted by molar-refractivity contribution is 0.242. The molecule has 102 valence electrons. The van der Waals surface area contributed by atoms with Crippen LogP contribution in [0.2, 0.25) is 0 Å². The Labute approximate surface area is 114 Å². The third-order valence-electron chi connectivity index (χ3n) is 4.41. The smallest absolute Gasteiger partial charge is 0.0540 e. The molecule has 0 aromatic carbocycles. The molecular weight excluding hydrogens is 236 g/mol. The van der Waals surface area contributed by atoms with Gasteiger partial charge < -0.3 is 4.57 Å². The van der Waals surface area contributed by atoms with Gasteiger partial charge in [-0.05, 0) is 38.4 Å². The molecule has 3 heterocycles. The molecule has 0 radical (unpaired) electrons. The van der Waals surface area contributed by atoms with E-state index in [1.165, 1.54) is 36.3 Å². The van der Waals surface area contributed by atoms with Gasteiger partial charge in [-0.2, -0.15) is 5.10 Å². The minimum atomic E-state index is 0.531. The van der Waals surface area contributed by atoms with E-state index in [9.17, 15) is 0 Å². The van der Waals surface area contributed by atoms with Crippen molar-refractivity contribution in [3.05, 3.63) is 41.5 Å². The van der Waals surface area contributed by atoms with Crippen LogP contribution in [0, 0.1) is 6.92 Å². The molecular formula is C15H22N4. The van der Waals surface area contributed by atoms with Crippen molar-refractivity contribution < 1.29 is 0 Å². The summed E-state index contributed by atoms with van der Waals surface area (Å²) in [5.74, 6) is 0. The second-order valence-electron chi connectivity index (χ2n) is 5.55. The van der Waals surface area contributed by atoms with Crippen LogP contribution in [0.4, 0.5) is 0 Å². The van der Waals surface area contributed by atoms with Gasteiger partial charge in [-0.15, -0.1) is 0 Å². The Morgan fingerprint density at radius 3 is 2.84 bits per heavy atom. The number of hydrogen-bond donors (Lipinski definition) is 0. The maximum absolute atomic E-state index is 4.39. The zero-order chi connectivity index (χ0) is 13.4. The van der Waals surface area contributed by atoms with E-state index in [0.717, 1.165) is 6.54 Å². The number of rotatable bonds is 3. The molecule has 1 saturated heterocycles. The van der Waals surface area contributed by atoms with Crippen LogP contribution in [0.5, 0.6) is 0 Å². The summed E-state index contributed by atoms with van der Waals surface area (Å²) in [5.41, 5.74) is 4.08. The van der Waals surface area contributed by atoms with Crippen LogP contribution >= 0.6 is 0 Å². The lowest BCUT2D eigenvalue weighted by atomic mass is 10.1. The molecule has 19 heavy (non-hydrogen) atoms. The van der Waals surface area contributed by atoms with Gasteiger partial charge >= 0.3 is 0 Å². The van der Waals surface area contributed by atoms with Gasteiger partial charge in [0.05, 0.1) is 6.20 Å². The first-order valence-electron chi connectivity index (χ1n) is 6.99. The molecule has 2 aromatic rings. The first kappa shape index (κ1) is 12.5. The molecule has 4 heteroatoms. The maximum Gasteiger partial charge on any atom is 0.0540 e.